The van der Waals surface area contributed by atoms with Crippen LogP contribution in [0.15, 0.2) is 77.5 Å². The number of nitrogen functional groups attached to an aromatic ring is 1. The number of imide groups is 2. The van der Waals surface area contributed by atoms with E-state index in [-0.39, 0.29) is 30.0 Å². The number of carbonyl (C=O) groups excluding carboxylic acids is 4. The number of aromatic nitrogens is 4. The van der Waals surface area contributed by atoms with Crippen LogP contribution in [0, 0.1) is 0 Å². The van der Waals surface area contributed by atoms with Crippen LogP contribution in [0.25, 0.3) is 22.3 Å². The fourth-order valence-electron chi connectivity index (χ4n) is 6.98. The Morgan fingerprint density at radius 3 is 2.30 bits per heavy atom. The van der Waals surface area contributed by atoms with Crippen LogP contribution >= 0.6 is 15.9 Å². The van der Waals surface area contributed by atoms with Crippen molar-refractivity contribution in [1.82, 2.24) is 34.9 Å². The van der Waals surface area contributed by atoms with Crippen molar-refractivity contribution in [3.8, 4) is 22.8 Å². The molecular formula is C36H31BrN8O5. The van der Waals surface area contributed by atoms with E-state index >= 15 is 0 Å². The summed E-state index contributed by atoms with van der Waals surface area (Å²) >= 11 is 3.61. The van der Waals surface area contributed by atoms with Crippen LogP contribution in [0.1, 0.15) is 58.0 Å². The van der Waals surface area contributed by atoms with Gasteiger partial charge in [-0.15, -0.1) is 0 Å². The summed E-state index contributed by atoms with van der Waals surface area (Å²) in [4.78, 5) is 62.9. The van der Waals surface area contributed by atoms with Crippen LogP contribution in [0.3, 0.4) is 0 Å². The maximum atomic E-state index is 13.4. The fourth-order valence-corrected chi connectivity index (χ4v) is 7.45. The molecule has 2 fully saturated rings. The minimum atomic E-state index is -1.01. The SMILES string of the molecule is Nc1ncnc2c1c(-c1ccc(Oc3ccccc3)cc1)nn2C1CCN(Cc2cc3c(cc2Br)C(=O)N(C2CCC(=O)NC2=O)C3=O)CC1. The molecular weight excluding hydrogens is 704 g/mol. The number of likely N-dealkylation sites (tertiary alicyclic amines) is 1. The van der Waals surface area contributed by atoms with E-state index in [1.165, 1.54) is 6.33 Å². The second kappa shape index (κ2) is 12.8. The highest BCUT2D eigenvalue weighted by Gasteiger charge is 2.45. The predicted molar refractivity (Wildman–Crippen MR) is 186 cm³/mol. The molecule has 5 heterocycles. The summed E-state index contributed by atoms with van der Waals surface area (Å²) in [5, 5.41) is 7.98. The van der Waals surface area contributed by atoms with E-state index in [0.717, 1.165) is 47.7 Å². The summed E-state index contributed by atoms with van der Waals surface area (Å²) < 4.78 is 8.64. The van der Waals surface area contributed by atoms with Crippen LogP contribution in [0.4, 0.5) is 5.82 Å². The topological polar surface area (TPSA) is 166 Å². The standard InChI is InChI=1S/C36H31BrN8O5/c37-27-17-26-25(35(48)44(36(26)49)28-10-11-29(46)41-34(28)47)16-21(27)18-43-14-12-22(13-15-43)45-33-30(32(38)39-19-40-33)31(42-45)20-6-8-24(9-7-20)50-23-4-2-1-3-5-23/h1-9,16-17,19,22,28H,10-15,18H2,(H2,38,39,40)(H,41,46,47). The second-order valence-electron chi connectivity index (χ2n) is 12.6. The van der Waals surface area contributed by atoms with E-state index in [1.54, 1.807) is 12.1 Å². The molecule has 8 rings (SSSR count). The van der Waals surface area contributed by atoms with E-state index < -0.39 is 29.7 Å². The van der Waals surface area contributed by atoms with Crippen molar-refractivity contribution in [3.05, 3.63) is 94.2 Å². The summed E-state index contributed by atoms with van der Waals surface area (Å²) in [6.45, 7) is 2.07. The van der Waals surface area contributed by atoms with Gasteiger partial charge in [0.1, 0.15) is 35.4 Å². The largest absolute Gasteiger partial charge is 0.457 e. The summed E-state index contributed by atoms with van der Waals surface area (Å²) in [6, 6.07) is 19.8. The lowest BCUT2D eigenvalue weighted by Crippen LogP contribution is -2.54. The number of benzene rings is 3. The third-order valence-corrected chi connectivity index (χ3v) is 10.3. The Morgan fingerprint density at radius 1 is 0.880 bits per heavy atom. The maximum Gasteiger partial charge on any atom is 0.262 e. The number of ether oxygens (including phenoxy) is 1. The molecule has 3 aliphatic heterocycles. The Labute approximate surface area is 294 Å². The van der Waals surface area contributed by atoms with Gasteiger partial charge in [0.05, 0.1) is 22.6 Å². The summed E-state index contributed by atoms with van der Waals surface area (Å²) in [5.41, 5.74) is 10.0. The lowest BCUT2D eigenvalue weighted by molar-refractivity contribution is -0.136. The molecule has 0 saturated carbocycles. The second-order valence-corrected chi connectivity index (χ2v) is 13.5. The number of nitrogens with one attached hydrogen (secondary N) is 1. The molecule has 14 heteroatoms. The number of anilines is 1. The first-order valence-corrected chi connectivity index (χ1v) is 17.1. The Kier molecular flexibility index (Phi) is 8.11. The first kappa shape index (κ1) is 31.8. The molecule has 252 valence electrons. The zero-order valence-corrected chi connectivity index (χ0v) is 28.3. The zero-order valence-electron chi connectivity index (χ0n) is 26.7. The number of rotatable bonds is 7. The molecule has 5 aromatic rings. The number of carbonyl (C=O) groups is 4. The number of halogens is 1. The predicted octanol–water partition coefficient (Wildman–Crippen LogP) is 4.87. The van der Waals surface area contributed by atoms with E-state index in [2.05, 4.69) is 36.1 Å². The van der Waals surface area contributed by atoms with Gasteiger partial charge in [0, 0.05) is 36.1 Å². The molecule has 4 amide bonds. The molecule has 0 radical (unpaired) electrons. The molecule has 0 spiro atoms. The quantitative estimate of drug-likeness (QED) is 0.220. The summed E-state index contributed by atoms with van der Waals surface area (Å²) in [5.74, 6) is -0.262. The van der Waals surface area contributed by atoms with Crippen LogP contribution in [0.2, 0.25) is 0 Å². The van der Waals surface area contributed by atoms with Gasteiger partial charge < -0.3 is 10.5 Å². The van der Waals surface area contributed by atoms with Crippen molar-refractivity contribution >= 4 is 56.4 Å². The van der Waals surface area contributed by atoms with Gasteiger partial charge in [-0.05, 0) is 73.4 Å². The molecule has 2 aromatic heterocycles. The Hall–Kier alpha value is -5.47. The van der Waals surface area contributed by atoms with E-state index in [9.17, 15) is 19.2 Å². The summed E-state index contributed by atoms with van der Waals surface area (Å²) in [7, 11) is 0. The van der Waals surface area contributed by atoms with Gasteiger partial charge in [-0.3, -0.25) is 34.3 Å². The summed E-state index contributed by atoms with van der Waals surface area (Å²) in [6.07, 6.45) is 3.24. The highest BCUT2D eigenvalue weighted by molar-refractivity contribution is 9.10. The average molecular weight is 736 g/mol. The minimum absolute atomic E-state index is 0.0715. The number of nitrogens with two attached hydrogens (primary N) is 1. The van der Waals surface area contributed by atoms with Crippen LogP contribution in [-0.2, 0) is 16.1 Å². The Bertz CT molecular complexity index is 2180. The van der Waals surface area contributed by atoms with Crippen molar-refractivity contribution in [1.29, 1.82) is 0 Å². The number of amides is 4. The molecule has 3 N–H and O–H groups in total. The van der Waals surface area contributed by atoms with Crippen molar-refractivity contribution in [3.63, 3.8) is 0 Å². The van der Waals surface area contributed by atoms with Gasteiger partial charge in [-0.2, -0.15) is 5.10 Å². The van der Waals surface area contributed by atoms with Crippen molar-refractivity contribution < 1.29 is 23.9 Å². The first-order chi connectivity index (χ1) is 24.2. The molecule has 0 aliphatic carbocycles. The Balaban J connectivity index is 0.978. The number of fused-ring (bicyclic) bond motifs is 2. The molecule has 2 saturated heterocycles. The van der Waals surface area contributed by atoms with E-state index in [0.29, 0.717) is 39.3 Å². The molecule has 1 unspecified atom stereocenters. The van der Waals surface area contributed by atoms with E-state index in [4.69, 9.17) is 15.6 Å². The van der Waals surface area contributed by atoms with Gasteiger partial charge in [0.15, 0.2) is 5.65 Å². The van der Waals surface area contributed by atoms with Gasteiger partial charge in [-0.1, -0.05) is 34.1 Å². The van der Waals surface area contributed by atoms with E-state index in [1.807, 2.05) is 59.3 Å². The van der Waals surface area contributed by atoms with Gasteiger partial charge in [0.2, 0.25) is 11.8 Å². The molecule has 13 nitrogen and oxygen atoms in total. The molecule has 50 heavy (non-hydrogen) atoms. The van der Waals surface area contributed by atoms with Crippen molar-refractivity contribution in [2.24, 2.45) is 0 Å². The molecule has 3 aliphatic rings. The first-order valence-electron chi connectivity index (χ1n) is 16.3. The molecule has 3 aromatic carbocycles. The number of para-hydroxylation sites is 1. The molecule has 0 bridgehead atoms. The number of hydrogen-bond donors (Lipinski definition) is 2. The van der Waals surface area contributed by atoms with Gasteiger partial charge in [-0.25, -0.2) is 14.6 Å². The van der Waals surface area contributed by atoms with Gasteiger partial charge in [0.25, 0.3) is 11.8 Å². The zero-order chi connectivity index (χ0) is 34.5. The highest BCUT2D eigenvalue weighted by atomic mass is 79.9. The lowest BCUT2D eigenvalue weighted by atomic mass is 10.0. The van der Waals surface area contributed by atoms with Crippen LogP contribution in [-0.4, -0.2) is 72.3 Å². The maximum absolute atomic E-state index is 13.4. The third-order valence-electron chi connectivity index (χ3n) is 9.53. The monoisotopic (exact) mass is 734 g/mol. The van der Waals surface area contributed by atoms with Crippen molar-refractivity contribution in [2.75, 3.05) is 18.8 Å². The minimum Gasteiger partial charge on any atom is -0.457 e. The number of hydrogen-bond acceptors (Lipinski definition) is 10. The fraction of sp³-hybridized carbons (Fsp3) is 0.250. The van der Waals surface area contributed by atoms with Crippen molar-refractivity contribution in [2.45, 2.75) is 44.3 Å². The number of piperidine rings is 2. The van der Waals surface area contributed by atoms with Gasteiger partial charge >= 0.3 is 0 Å². The van der Waals surface area contributed by atoms with Crippen LogP contribution < -0.4 is 15.8 Å². The number of nitrogens with zero attached hydrogens (tertiary/aromatic N) is 6. The third kappa shape index (κ3) is 5.69. The lowest BCUT2D eigenvalue weighted by Gasteiger charge is -2.32. The normalized spacial score (nSPS) is 18.5. The Morgan fingerprint density at radius 2 is 1.58 bits per heavy atom. The molecule has 1 atom stereocenters. The van der Waals surface area contributed by atoms with Crippen LogP contribution in [0.5, 0.6) is 11.5 Å². The average Bonchev–Trinajstić information content (AvgIpc) is 3.62. The smallest absolute Gasteiger partial charge is 0.262 e. The highest BCUT2D eigenvalue weighted by Crippen LogP contribution is 2.37.